The van der Waals surface area contributed by atoms with Gasteiger partial charge in [-0.25, -0.2) is 0 Å². The molecule has 2 fully saturated rings. The molecule has 0 radical (unpaired) electrons. The molecule has 3 aliphatic rings. The Morgan fingerprint density at radius 3 is 2.73 bits per heavy atom. The van der Waals surface area contributed by atoms with E-state index in [1.165, 1.54) is 0 Å². The van der Waals surface area contributed by atoms with E-state index in [0.29, 0.717) is 26.3 Å². The highest BCUT2D eigenvalue weighted by molar-refractivity contribution is 5.83. The molecule has 1 aromatic heterocycles. The van der Waals surface area contributed by atoms with E-state index in [1.807, 2.05) is 40.7 Å². The highest BCUT2D eigenvalue weighted by Crippen LogP contribution is 2.44. The summed E-state index contributed by atoms with van der Waals surface area (Å²) in [6, 6.07) is 13.6. The van der Waals surface area contributed by atoms with E-state index < -0.39 is 5.41 Å². The van der Waals surface area contributed by atoms with E-state index in [9.17, 15) is 9.59 Å². The summed E-state index contributed by atoms with van der Waals surface area (Å²) in [6.07, 6.45) is 1.75. The van der Waals surface area contributed by atoms with Gasteiger partial charge in [-0.1, -0.05) is 18.2 Å². The fourth-order valence-corrected chi connectivity index (χ4v) is 5.42. The molecule has 2 saturated heterocycles. The zero-order valence-electron chi connectivity index (χ0n) is 17.5. The molecule has 1 aromatic carbocycles. The third-order valence-electron chi connectivity index (χ3n) is 7.02. The summed E-state index contributed by atoms with van der Waals surface area (Å²) in [5, 5.41) is 0. The normalized spacial score (nSPS) is 26.5. The van der Waals surface area contributed by atoms with E-state index in [-0.39, 0.29) is 29.3 Å². The highest BCUT2D eigenvalue weighted by atomic mass is 16.5. The zero-order chi connectivity index (χ0) is 20.9. The molecule has 0 spiro atoms. The van der Waals surface area contributed by atoms with Crippen molar-refractivity contribution >= 4 is 5.91 Å². The number of carbonyl (C=O) groups excluding carboxylic acids is 1. The summed E-state index contributed by atoms with van der Waals surface area (Å²) in [5.41, 5.74) is 1.85. The lowest BCUT2D eigenvalue weighted by Gasteiger charge is -2.49. The largest absolute Gasteiger partial charge is 0.497 e. The van der Waals surface area contributed by atoms with Crippen LogP contribution in [0.4, 0.5) is 0 Å². The second-order valence-corrected chi connectivity index (χ2v) is 9.24. The third-order valence-corrected chi connectivity index (χ3v) is 7.02. The van der Waals surface area contributed by atoms with Crippen molar-refractivity contribution in [2.75, 3.05) is 33.4 Å². The van der Waals surface area contributed by atoms with Crippen molar-refractivity contribution in [1.29, 1.82) is 0 Å². The minimum atomic E-state index is -0.399. The van der Waals surface area contributed by atoms with Crippen LogP contribution in [0.15, 0.2) is 47.3 Å². The van der Waals surface area contributed by atoms with Crippen LogP contribution in [0.1, 0.15) is 36.6 Å². The number of benzene rings is 1. The molecular weight excluding hydrogens is 380 g/mol. The Hall–Kier alpha value is -2.60. The fraction of sp³-hybridized carbons (Fsp3) is 0.500. The first-order valence-corrected chi connectivity index (χ1v) is 10.7. The van der Waals surface area contributed by atoms with Crippen molar-refractivity contribution in [3.05, 3.63) is 64.1 Å². The van der Waals surface area contributed by atoms with Gasteiger partial charge in [0.1, 0.15) is 5.75 Å². The molecule has 0 aliphatic carbocycles. The summed E-state index contributed by atoms with van der Waals surface area (Å²) in [5.74, 6) is 1.46. The lowest BCUT2D eigenvalue weighted by atomic mass is 9.75. The lowest BCUT2D eigenvalue weighted by molar-refractivity contribution is -0.171. The predicted molar refractivity (Wildman–Crippen MR) is 113 cm³/mol. The topological polar surface area (TPSA) is 60.8 Å². The van der Waals surface area contributed by atoms with Gasteiger partial charge >= 0.3 is 0 Å². The first-order valence-electron chi connectivity index (χ1n) is 10.7. The smallest absolute Gasteiger partial charge is 0.251 e. The molecule has 1 amide bonds. The quantitative estimate of drug-likeness (QED) is 0.780. The molecule has 4 heterocycles. The number of hydrogen-bond acceptors (Lipinski definition) is 4. The summed E-state index contributed by atoms with van der Waals surface area (Å²) in [4.78, 5) is 28.1. The standard InChI is InChI=1S/C24H28N2O4/c1-24(14-30-15-24)23(28)25-12-17-11-18(13-25)21(26-20(17)7-4-8-22(26)27)10-16-5-3-6-19(9-16)29-2/h3-9,17-18,21H,10-15H2,1-2H3/t17-,18+,21+/m1/s1. The molecule has 3 aliphatic heterocycles. The van der Waals surface area contributed by atoms with Crippen molar-refractivity contribution < 1.29 is 14.3 Å². The van der Waals surface area contributed by atoms with Crippen LogP contribution < -0.4 is 10.3 Å². The number of carbonyl (C=O) groups is 1. The van der Waals surface area contributed by atoms with Gasteiger partial charge in [0.05, 0.1) is 25.7 Å². The molecule has 0 unspecified atom stereocenters. The number of pyridine rings is 1. The van der Waals surface area contributed by atoms with Gasteiger partial charge < -0.3 is 18.9 Å². The first-order chi connectivity index (χ1) is 14.5. The Labute approximate surface area is 176 Å². The van der Waals surface area contributed by atoms with Crippen molar-refractivity contribution in [2.45, 2.75) is 31.7 Å². The maximum atomic E-state index is 13.2. The van der Waals surface area contributed by atoms with Crippen LogP contribution >= 0.6 is 0 Å². The average molecular weight is 408 g/mol. The van der Waals surface area contributed by atoms with Gasteiger partial charge in [0, 0.05) is 36.8 Å². The lowest BCUT2D eigenvalue weighted by Crippen LogP contribution is -2.58. The van der Waals surface area contributed by atoms with Gasteiger partial charge in [0.2, 0.25) is 5.91 Å². The summed E-state index contributed by atoms with van der Waals surface area (Å²) >= 11 is 0. The molecular formula is C24H28N2O4. The maximum absolute atomic E-state index is 13.2. The van der Waals surface area contributed by atoms with E-state index in [0.717, 1.165) is 29.8 Å². The van der Waals surface area contributed by atoms with Gasteiger partial charge in [-0.3, -0.25) is 9.59 Å². The third kappa shape index (κ3) is 3.14. The monoisotopic (exact) mass is 408 g/mol. The van der Waals surface area contributed by atoms with Crippen LogP contribution in [0.2, 0.25) is 0 Å². The Kier molecular flexibility index (Phi) is 4.69. The number of ether oxygens (including phenoxy) is 2. The number of aromatic nitrogens is 1. The van der Waals surface area contributed by atoms with Gasteiger partial charge in [0.15, 0.2) is 0 Å². The average Bonchev–Trinajstić information content (AvgIpc) is 2.74. The maximum Gasteiger partial charge on any atom is 0.251 e. The summed E-state index contributed by atoms with van der Waals surface area (Å²) < 4.78 is 12.7. The Morgan fingerprint density at radius 1 is 1.20 bits per heavy atom. The molecule has 158 valence electrons. The molecule has 2 aromatic rings. The number of fused-ring (bicyclic) bond motifs is 4. The summed E-state index contributed by atoms with van der Waals surface area (Å²) in [7, 11) is 1.67. The number of piperidine rings is 1. The first kappa shape index (κ1) is 19.4. The van der Waals surface area contributed by atoms with Gasteiger partial charge in [0.25, 0.3) is 5.56 Å². The van der Waals surface area contributed by atoms with Crippen molar-refractivity contribution in [1.82, 2.24) is 9.47 Å². The molecule has 0 saturated carbocycles. The van der Waals surface area contributed by atoms with E-state index in [1.54, 1.807) is 13.2 Å². The van der Waals surface area contributed by atoms with Crippen LogP contribution in [-0.2, 0) is 16.0 Å². The van der Waals surface area contributed by atoms with Crippen LogP contribution in [0.25, 0.3) is 0 Å². The van der Waals surface area contributed by atoms with Gasteiger partial charge in [-0.05, 0) is 49.4 Å². The number of amides is 1. The predicted octanol–water partition coefficient (Wildman–Crippen LogP) is 2.62. The molecule has 6 heteroatoms. The van der Waals surface area contributed by atoms with Gasteiger partial charge in [-0.2, -0.15) is 0 Å². The van der Waals surface area contributed by atoms with Crippen LogP contribution in [0.3, 0.4) is 0 Å². The number of rotatable bonds is 4. The van der Waals surface area contributed by atoms with Crippen LogP contribution in [0.5, 0.6) is 5.75 Å². The molecule has 30 heavy (non-hydrogen) atoms. The van der Waals surface area contributed by atoms with Crippen molar-refractivity contribution in [3.8, 4) is 5.75 Å². The van der Waals surface area contributed by atoms with Crippen molar-refractivity contribution in [3.63, 3.8) is 0 Å². The van der Waals surface area contributed by atoms with E-state index in [4.69, 9.17) is 9.47 Å². The number of likely N-dealkylation sites (tertiary alicyclic amines) is 1. The molecule has 0 N–H and O–H groups in total. The number of methoxy groups -OCH3 is 1. The second-order valence-electron chi connectivity index (χ2n) is 9.24. The molecule has 2 bridgehead atoms. The molecule has 3 atom stereocenters. The van der Waals surface area contributed by atoms with E-state index >= 15 is 0 Å². The number of nitrogens with zero attached hydrogens (tertiary/aromatic N) is 2. The van der Waals surface area contributed by atoms with Crippen molar-refractivity contribution in [2.24, 2.45) is 11.3 Å². The number of hydrogen-bond donors (Lipinski definition) is 0. The Balaban J connectivity index is 1.50. The van der Waals surface area contributed by atoms with Crippen LogP contribution in [0, 0.1) is 11.3 Å². The minimum absolute atomic E-state index is 0.0260. The van der Waals surface area contributed by atoms with E-state index in [2.05, 4.69) is 12.1 Å². The minimum Gasteiger partial charge on any atom is -0.497 e. The summed E-state index contributed by atoms with van der Waals surface area (Å²) in [6.45, 7) is 4.37. The Bertz CT molecular complexity index is 1030. The Morgan fingerprint density at radius 2 is 2.00 bits per heavy atom. The highest BCUT2D eigenvalue weighted by Gasteiger charge is 2.48. The van der Waals surface area contributed by atoms with Gasteiger partial charge in [-0.15, -0.1) is 0 Å². The molecule has 6 nitrogen and oxygen atoms in total. The second kappa shape index (κ2) is 7.27. The van der Waals surface area contributed by atoms with Crippen LogP contribution in [-0.4, -0.2) is 48.8 Å². The zero-order valence-corrected chi connectivity index (χ0v) is 17.5. The SMILES string of the molecule is COc1cccc(C[C@H]2[C@H]3C[C@H](CN(C(=O)C4(C)COC4)C3)c3cccc(=O)n32)c1. The molecule has 5 rings (SSSR count). The fourth-order valence-electron chi connectivity index (χ4n) is 5.42.